The van der Waals surface area contributed by atoms with Gasteiger partial charge in [0.05, 0.1) is 8.81 Å². The molecule has 6 heteroatoms. The van der Waals surface area contributed by atoms with Gasteiger partial charge >= 0.3 is 0 Å². The molecular formula is C13H11BrClF2NS. The molecule has 2 rings (SSSR count). The molecule has 2 aromatic rings. The standard InChI is InChI=1S/C13H11BrClF2NS/c1-18(6-8-2-5-12(15)19-8)7-9-11(16)4-3-10(14)13(9)17/h2-5H,6-7H2,1H3. The maximum atomic E-state index is 13.8. The van der Waals surface area contributed by atoms with E-state index in [1.165, 1.54) is 23.5 Å². The molecule has 0 saturated heterocycles. The molecule has 0 bridgehead atoms. The lowest BCUT2D eigenvalue weighted by atomic mass is 10.2. The summed E-state index contributed by atoms with van der Waals surface area (Å²) >= 11 is 10.4. The molecule has 1 heterocycles. The van der Waals surface area contributed by atoms with Crippen LogP contribution in [0.1, 0.15) is 10.4 Å². The topological polar surface area (TPSA) is 3.24 Å². The van der Waals surface area contributed by atoms with Crippen molar-refractivity contribution in [3.63, 3.8) is 0 Å². The van der Waals surface area contributed by atoms with Gasteiger partial charge in [0.1, 0.15) is 11.6 Å². The van der Waals surface area contributed by atoms with Gasteiger partial charge in [-0.3, -0.25) is 4.90 Å². The Hall–Kier alpha value is -0.490. The van der Waals surface area contributed by atoms with Gasteiger partial charge in [-0.05, 0) is 47.2 Å². The van der Waals surface area contributed by atoms with Crippen LogP contribution in [0, 0.1) is 11.6 Å². The van der Waals surface area contributed by atoms with Crippen LogP contribution in [0.4, 0.5) is 8.78 Å². The van der Waals surface area contributed by atoms with E-state index in [0.29, 0.717) is 10.9 Å². The fourth-order valence-electron chi connectivity index (χ4n) is 1.74. The average molecular weight is 367 g/mol. The predicted molar refractivity (Wildman–Crippen MR) is 78.6 cm³/mol. The van der Waals surface area contributed by atoms with Crippen molar-refractivity contribution in [3.05, 3.63) is 55.1 Å². The first-order chi connectivity index (χ1) is 8.97. The molecule has 0 amide bonds. The van der Waals surface area contributed by atoms with E-state index in [0.717, 1.165) is 4.88 Å². The van der Waals surface area contributed by atoms with Crippen LogP contribution in [0.3, 0.4) is 0 Å². The van der Waals surface area contributed by atoms with Gasteiger partial charge in [0.25, 0.3) is 0 Å². The molecule has 0 N–H and O–H groups in total. The maximum absolute atomic E-state index is 13.8. The molecule has 1 aromatic carbocycles. The lowest BCUT2D eigenvalue weighted by molar-refractivity contribution is 0.309. The lowest BCUT2D eigenvalue weighted by Gasteiger charge is -2.17. The largest absolute Gasteiger partial charge is 0.297 e. The number of rotatable bonds is 4. The van der Waals surface area contributed by atoms with Gasteiger partial charge in [0.15, 0.2) is 0 Å². The van der Waals surface area contributed by atoms with Crippen LogP contribution in [-0.4, -0.2) is 11.9 Å². The summed E-state index contributed by atoms with van der Waals surface area (Å²) in [5.74, 6) is -1.08. The van der Waals surface area contributed by atoms with Crippen molar-refractivity contribution in [1.82, 2.24) is 4.90 Å². The van der Waals surface area contributed by atoms with E-state index in [2.05, 4.69) is 15.9 Å². The van der Waals surface area contributed by atoms with Crippen LogP contribution in [0.25, 0.3) is 0 Å². The summed E-state index contributed by atoms with van der Waals surface area (Å²) in [6.07, 6.45) is 0. The molecule has 0 radical (unpaired) electrons. The van der Waals surface area contributed by atoms with Crippen LogP contribution in [0.2, 0.25) is 4.34 Å². The fraction of sp³-hybridized carbons (Fsp3) is 0.231. The van der Waals surface area contributed by atoms with Crippen molar-refractivity contribution in [2.45, 2.75) is 13.1 Å². The molecule has 0 atom stereocenters. The molecule has 0 unspecified atom stereocenters. The maximum Gasteiger partial charge on any atom is 0.144 e. The molecular weight excluding hydrogens is 356 g/mol. The van der Waals surface area contributed by atoms with Crippen LogP contribution in [0.5, 0.6) is 0 Å². The van der Waals surface area contributed by atoms with Gasteiger partial charge in [0, 0.05) is 23.5 Å². The molecule has 1 aromatic heterocycles. The average Bonchev–Trinajstić information content (AvgIpc) is 2.75. The van der Waals surface area contributed by atoms with Crippen LogP contribution < -0.4 is 0 Å². The molecule has 1 nitrogen and oxygen atoms in total. The first kappa shape index (κ1) is 14.9. The highest BCUT2D eigenvalue weighted by atomic mass is 79.9. The van der Waals surface area contributed by atoms with Crippen molar-refractivity contribution in [3.8, 4) is 0 Å². The smallest absolute Gasteiger partial charge is 0.144 e. The van der Waals surface area contributed by atoms with Gasteiger partial charge in [-0.25, -0.2) is 8.78 Å². The Balaban J connectivity index is 2.11. The zero-order valence-electron chi connectivity index (χ0n) is 10.1. The third-order valence-corrected chi connectivity index (χ3v) is 4.45. The monoisotopic (exact) mass is 365 g/mol. The molecule has 102 valence electrons. The Kier molecular flexibility index (Phi) is 4.95. The third-order valence-electron chi connectivity index (χ3n) is 2.62. The Labute approximate surface area is 127 Å². The SMILES string of the molecule is CN(Cc1ccc(Cl)s1)Cc1c(F)ccc(Br)c1F. The summed E-state index contributed by atoms with van der Waals surface area (Å²) in [4.78, 5) is 2.90. The third kappa shape index (κ3) is 3.75. The van der Waals surface area contributed by atoms with Crippen molar-refractivity contribution in [2.24, 2.45) is 0 Å². The minimum Gasteiger partial charge on any atom is -0.297 e. The molecule has 0 fully saturated rings. The number of halogens is 4. The summed E-state index contributed by atoms with van der Waals surface area (Å²) < 4.78 is 28.4. The Morgan fingerprint density at radius 3 is 2.58 bits per heavy atom. The molecule has 0 spiro atoms. The van der Waals surface area contributed by atoms with Crippen molar-refractivity contribution in [1.29, 1.82) is 0 Å². The van der Waals surface area contributed by atoms with E-state index in [4.69, 9.17) is 11.6 Å². The summed E-state index contributed by atoms with van der Waals surface area (Å²) in [6, 6.07) is 6.36. The highest BCUT2D eigenvalue weighted by Crippen LogP contribution is 2.25. The predicted octanol–water partition coefficient (Wildman–Crippen LogP) is 5.07. The van der Waals surface area contributed by atoms with Crippen LogP contribution in [-0.2, 0) is 13.1 Å². The van der Waals surface area contributed by atoms with Gasteiger partial charge in [0.2, 0.25) is 0 Å². The summed E-state index contributed by atoms with van der Waals surface area (Å²) in [7, 11) is 1.81. The van der Waals surface area contributed by atoms with E-state index in [1.807, 2.05) is 24.1 Å². The van der Waals surface area contributed by atoms with Gasteiger partial charge in [-0.15, -0.1) is 11.3 Å². The molecule has 0 saturated carbocycles. The molecule has 19 heavy (non-hydrogen) atoms. The highest BCUT2D eigenvalue weighted by molar-refractivity contribution is 9.10. The summed E-state index contributed by atoms with van der Waals surface area (Å²) in [6.45, 7) is 0.801. The number of nitrogens with zero attached hydrogens (tertiary/aromatic N) is 1. The summed E-state index contributed by atoms with van der Waals surface area (Å²) in [5, 5.41) is 0. The molecule has 0 aliphatic carbocycles. The zero-order chi connectivity index (χ0) is 14.0. The lowest BCUT2D eigenvalue weighted by Crippen LogP contribution is -2.18. The van der Waals surface area contributed by atoms with E-state index >= 15 is 0 Å². The molecule has 0 aliphatic rings. The Bertz CT molecular complexity index is 588. The van der Waals surface area contributed by atoms with Gasteiger partial charge in [-0.1, -0.05) is 11.6 Å². The van der Waals surface area contributed by atoms with Gasteiger partial charge < -0.3 is 0 Å². The number of hydrogen-bond donors (Lipinski definition) is 0. The van der Waals surface area contributed by atoms with E-state index in [-0.39, 0.29) is 16.6 Å². The zero-order valence-corrected chi connectivity index (χ0v) is 13.2. The second-order valence-corrected chi connectivity index (χ2v) is 6.85. The van der Waals surface area contributed by atoms with Crippen LogP contribution >= 0.6 is 38.9 Å². The van der Waals surface area contributed by atoms with Gasteiger partial charge in [-0.2, -0.15) is 0 Å². The fourth-order valence-corrected chi connectivity index (χ4v) is 3.28. The van der Waals surface area contributed by atoms with Crippen molar-refractivity contribution >= 4 is 38.9 Å². The van der Waals surface area contributed by atoms with E-state index in [9.17, 15) is 8.78 Å². The van der Waals surface area contributed by atoms with E-state index in [1.54, 1.807) is 0 Å². The van der Waals surface area contributed by atoms with Crippen LogP contribution in [0.15, 0.2) is 28.7 Å². The Morgan fingerprint density at radius 1 is 1.21 bits per heavy atom. The second-order valence-electron chi connectivity index (χ2n) is 4.20. The molecule has 0 aliphatic heterocycles. The normalized spacial score (nSPS) is 11.3. The first-order valence-electron chi connectivity index (χ1n) is 5.52. The Morgan fingerprint density at radius 2 is 1.95 bits per heavy atom. The minimum atomic E-state index is -0.545. The minimum absolute atomic E-state index is 0.0690. The summed E-state index contributed by atoms with van der Waals surface area (Å²) in [5.41, 5.74) is 0.0690. The second kappa shape index (κ2) is 6.31. The quantitative estimate of drug-likeness (QED) is 0.683. The number of hydrogen-bond acceptors (Lipinski definition) is 2. The highest BCUT2D eigenvalue weighted by Gasteiger charge is 2.14. The van der Waals surface area contributed by atoms with Crippen molar-refractivity contribution in [2.75, 3.05) is 7.05 Å². The first-order valence-corrected chi connectivity index (χ1v) is 7.51. The van der Waals surface area contributed by atoms with E-state index < -0.39 is 11.6 Å². The number of benzene rings is 1. The number of thiophene rings is 1. The van der Waals surface area contributed by atoms with Crippen molar-refractivity contribution < 1.29 is 8.78 Å².